The van der Waals surface area contributed by atoms with Crippen LogP contribution >= 0.6 is 0 Å². The molecule has 2 heterocycles. The Morgan fingerprint density at radius 2 is 1.82 bits per heavy atom. The second-order valence-electron chi connectivity index (χ2n) is 8.40. The molecule has 2 aromatic rings. The molecule has 2 saturated heterocycles. The standard InChI is InChI=1S/C25H30N4O4/c1-17(30)16-20(26-2)14-9-15-27-24-28-23-25(29-24,19-12-7-4-8-13-19)33-22(32-23)21(31)18-10-5-3-6-11-18/h3-8,10-13,20,22-23,26H,9,14-16H2,1-2H3,(H2,27,28,29)/p+1. The fourth-order valence-corrected chi connectivity index (χ4v) is 4.25. The highest BCUT2D eigenvalue weighted by molar-refractivity contribution is 5.99. The highest BCUT2D eigenvalue weighted by Crippen LogP contribution is 2.38. The van der Waals surface area contributed by atoms with Gasteiger partial charge in [-0.1, -0.05) is 60.7 Å². The lowest BCUT2D eigenvalue weighted by Crippen LogP contribution is -2.78. The van der Waals surface area contributed by atoms with Crippen LogP contribution in [0.1, 0.15) is 42.1 Å². The maximum atomic E-state index is 13.0. The molecule has 2 aliphatic rings. The molecule has 0 saturated carbocycles. The third-order valence-electron chi connectivity index (χ3n) is 5.96. The molecule has 174 valence electrons. The number of rotatable bonds is 10. The third-order valence-corrected chi connectivity index (χ3v) is 5.96. The minimum absolute atomic E-state index is 0.172. The normalized spacial score (nSPS) is 25.8. The van der Waals surface area contributed by atoms with Crippen LogP contribution in [-0.4, -0.2) is 49.7 Å². The summed E-state index contributed by atoms with van der Waals surface area (Å²) in [5.74, 6) is 0.645. The zero-order valence-corrected chi connectivity index (χ0v) is 19.0. The SMILES string of the molecule is CNC(CCC[NH+]=C1NC2OC(C(=O)c3ccccc3)OC2(c2ccccc2)N1)CC(C)=O. The van der Waals surface area contributed by atoms with Gasteiger partial charge in [-0.05, 0) is 26.8 Å². The van der Waals surface area contributed by atoms with E-state index >= 15 is 0 Å². The summed E-state index contributed by atoms with van der Waals surface area (Å²) < 4.78 is 12.3. The van der Waals surface area contributed by atoms with Gasteiger partial charge in [0.15, 0.2) is 0 Å². The molecule has 0 aromatic heterocycles. The molecule has 4 rings (SSSR count). The molecule has 33 heavy (non-hydrogen) atoms. The van der Waals surface area contributed by atoms with Crippen molar-refractivity contribution in [2.24, 2.45) is 0 Å². The van der Waals surface area contributed by atoms with Crippen LogP contribution in [0.15, 0.2) is 60.7 Å². The van der Waals surface area contributed by atoms with Crippen molar-refractivity contribution in [2.75, 3.05) is 13.6 Å². The monoisotopic (exact) mass is 451 g/mol. The van der Waals surface area contributed by atoms with E-state index in [-0.39, 0.29) is 17.6 Å². The van der Waals surface area contributed by atoms with E-state index in [0.29, 0.717) is 24.5 Å². The molecule has 0 spiro atoms. The van der Waals surface area contributed by atoms with Gasteiger partial charge in [-0.2, -0.15) is 0 Å². The molecule has 4 unspecified atom stereocenters. The highest BCUT2D eigenvalue weighted by atomic mass is 16.8. The molecule has 0 amide bonds. The van der Waals surface area contributed by atoms with Gasteiger partial charge in [-0.15, -0.1) is 0 Å². The molecule has 8 nitrogen and oxygen atoms in total. The number of benzene rings is 2. The maximum absolute atomic E-state index is 13.0. The van der Waals surface area contributed by atoms with Crippen molar-refractivity contribution in [3.8, 4) is 0 Å². The van der Waals surface area contributed by atoms with Crippen LogP contribution in [0.25, 0.3) is 0 Å². The Hall–Kier alpha value is -3.07. The van der Waals surface area contributed by atoms with Gasteiger partial charge < -0.3 is 10.1 Å². The molecule has 0 aliphatic carbocycles. The Balaban J connectivity index is 1.45. The van der Waals surface area contributed by atoms with E-state index in [1.165, 1.54) is 0 Å². The van der Waals surface area contributed by atoms with E-state index in [1.54, 1.807) is 19.1 Å². The smallest absolute Gasteiger partial charge is 0.317 e. The minimum atomic E-state index is -1.03. The quantitative estimate of drug-likeness (QED) is 0.306. The van der Waals surface area contributed by atoms with Gasteiger partial charge in [0.05, 0.1) is 6.54 Å². The van der Waals surface area contributed by atoms with Crippen LogP contribution in [0, 0.1) is 0 Å². The molecule has 4 atom stereocenters. The van der Waals surface area contributed by atoms with Gasteiger partial charge in [-0.3, -0.25) is 19.3 Å². The maximum Gasteiger partial charge on any atom is 0.348 e. The average molecular weight is 452 g/mol. The average Bonchev–Trinajstić information content (AvgIpc) is 3.36. The van der Waals surface area contributed by atoms with Crippen LogP contribution in [0.2, 0.25) is 0 Å². The second kappa shape index (κ2) is 10.2. The van der Waals surface area contributed by atoms with Crippen LogP contribution in [0.4, 0.5) is 0 Å². The van der Waals surface area contributed by atoms with Crippen molar-refractivity contribution in [2.45, 2.75) is 50.5 Å². The third kappa shape index (κ3) is 5.13. The fraction of sp³-hybridized carbons (Fsp3) is 0.400. The number of ether oxygens (including phenoxy) is 2. The van der Waals surface area contributed by atoms with E-state index in [1.807, 2.05) is 55.6 Å². The van der Waals surface area contributed by atoms with Crippen LogP contribution < -0.4 is 20.9 Å². The van der Waals surface area contributed by atoms with Gasteiger partial charge in [0.1, 0.15) is 5.78 Å². The van der Waals surface area contributed by atoms with Crippen molar-refractivity contribution in [1.29, 1.82) is 0 Å². The second-order valence-corrected chi connectivity index (χ2v) is 8.40. The predicted molar refractivity (Wildman–Crippen MR) is 123 cm³/mol. The first-order chi connectivity index (χ1) is 16.0. The number of hydrogen-bond acceptors (Lipinski definition) is 5. The molecule has 2 fully saturated rings. The Bertz CT molecular complexity index is 998. The molecule has 0 radical (unpaired) electrons. The number of hydrogen-bond donors (Lipinski definition) is 4. The van der Waals surface area contributed by atoms with Crippen LogP contribution in [-0.2, 0) is 20.0 Å². The van der Waals surface area contributed by atoms with E-state index in [0.717, 1.165) is 18.4 Å². The van der Waals surface area contributed by atoms with Crippen molar-refractivity contribution in [1.82, 2.24) is 16.0 Å². The van der Waals surface area contributed by atoms with Gasteiger partial charge in [0.25, 0.3) is 5.72 Å². The Morgan fingerprint density at radius 3 is 2.48 bits per heavy atom. The molecule has 2 aliphatic heterocycles. The first-order valence-corrected chi connectivity index (χ1v) is 11.3. The highest BCUT2D eigenvalue weighted by Gasteiger charge is 2.63. The van der Waals surface area contributed by atoms with Crippen molar-refractivity contribution in [3.63, 3.8) is 0 Å². The van der Waals surface area contributed by atoms with E-state index in [4.69, 9.17) is 9.47 Å². The number of fused-ring (bicyclic) bond motifs is 1. The van der Waals surface area contributed by atoms with E-state index < -0.39 is 18.2 Å². The summed E-state index contributed by atoms with van der Waals surface area (Å²) in [4.78, 5) is 27.7. The summed E-state index contributed by atoms with van der Waals surface area (Å²) in [7, 11) is 1.88. The first kappa shape index (κ1) is 23.1. The summed E-state index contributed by atoms with van der Waals surface area (Å²) in [6.45, 7) is 2.32. The largest absolute Gasteiger partial charge is 0.348 e. The molecular weight excluding hydrogens is 420 g/mol. The Kier molecular flexibility index (Phi) is 7.17. The summed E-state index contributed by atoms with van der Waals surface area (Å²) >= 11 is 0. The first-order valence-electron chi connectivity index (χ1n) is 11.3. The molecule has 2 aromatic carbocycles. The van der Waals surface area contributed by atoms with Gasteiger partial charge in [0, 0.05) is 23.6 Å². The number of carbonyl (C=O) groups excluding carboxylic acids is 2. The lowest BCUT2D eigenvalue weighted by molar-refractivity contribution is -0.462. The number of guanidine groups is 1. The lowest BCUT2D eigenvalue weighted by Gasteiger charge is -2.22. The zero-order chi connectivity index (χ0) is 23.3. The number of nitrogens with one attached hydrogen (secondary N) is 4. The number of carbonyl (C=O) groups is 2. The molecule has 8 heteroatoms. The van der Waals surface area contributed by atoms with Crippen molar-refractivity contribution in [3.05, 3.63) is 71.8 Å². The fourth-order valence-electron chi connectivity index (χ4n) is 4.25. The van der Waals surface area contributed by atoms with Gasteiger partial charge >= 0.3 is 5.96 Å². The summed E-state index contributed by atoms with van der Waals surface area (Å²) in [6.07, 6.45) is 0.682. The van der Waals surface area contributed by atoms with Gasteiger partial charge in [-0.25, -0.2) is 10.6 Å². The number of ketones is 2. The minimum Gasteiger partial charge on any atom is -0.317 e. The van der Waals surface area contributed by atoms with Gasteiger partial charge in [0.2, 0.25) is 18.3 Å². The van der Waals surface area contributed by atoms with Crippen molar-refractivity contribution >= 4 is 17.5 Å². The Morgan fingerprint density at radius 1 is 1.12 bits per heavy atom. The lowest BCUT2D eigenvalue weighted by atomic mass is 10.0. The predicted octanol–water partition coefficient (Wildman–Crippen LogP) is 0.398. The van der Waals surface area contributed by atoms with Crippen LogP contribution in [0.3, 0.4) is 0 Å². The summed E-state index contributed by atoms with van der Waals surface area (Å²) in [6, 6.07) is 18.9. The molecular formula is C25H31N4O4+. The number of Topliss-reactive ketones (excluding diaryl/α,β-unsaturated/α-hetero) is 2. The molecule has 4 N–H and O–H groups in total. The zero-order valence-electron chi connectivity index (χ0n) is 19.0. The van der Waals surface area contributed by atoms with Crippen molar-refractivity contribution < 1.29 is 24.1 Å². The Labute approximate surface area is 193 Å². The summed E-state index contributed by atoms with van der Waals surface area (Å²) in [5, 5.41) is 9.86. The van der Waals surface area contributed by atoms with E-state index in [2.05, 4.69) is 20.9 Å². The topological polar surface area (TPSA) is 103 Å². The molecule has 0 bridgehead atoms. The summed E-state index contributed by atoms with van der Waals surface area (Å²) in [5.41, 5.74) is 0.373. The van der Waals surface area contributed by atoms with Crippen LogP contribution in [0.5, 0.6) is 0 Å². The van der Waals surface area contributed by atoms with E-state index in [9.17, 15) is 9.59 Å².